The Morgan fingerprint density at radius 1 is 1.25 bits per heavy atom. The van der Waals surface area contributed by atoms with Crippen molar-refractivity contribution in [2.24, 2.45) is 11.7 Å². The fourth-order valence-electron chi connectivity index (χ4n) is 1.80. The van der Waals surface area contributed by atoms with Crippen LogP contribution in [-0.4, -0.2) is 14.2 Å². The van der Waals surface area contributed by atoms with E-state index in [4.69, 9.17) is 15.2 Å². The molecule has 0 heterocycles. The van der Waals surface area contributed by atoms with Crippen LogP contribution in [0.3, 0.4) is 0 Å². The molecular weight excluding hydrogens is 226 g/mol. The third-order valence-electron chi connectivity index (χ3n) is 2.93. The number of benzene rings is 1. The highest BCUT2D eigenvalue weighted by atomic mass is 35.5. The molecule has 1 aromatic rings. The molecule has 0 radical (unpaired) electrons. The second-order valence-electron chi connectivity index (χ2n) is 3.97. The van der Waals surface area contributed by atoms with E-state index in [2.05, 4.69) is 0 Å². The maximum Gasteiger partial charge on any atom is 0.127 e. The molecule has 0 bridgehead atoms. The van der Waals surface area contributed by atoms with E-state index < -0.39 is 0 Å². The van der Waals surface area contributed by atoms with Crippen molar-refractivity contribution in [2.45, 2.75) is 18.9 Å². The Balaban J connectivity index is 0.00000128. The molecular formula is C12H18ClNO2. The summed E-state index contributed by atoms with van der Waals surface area (Å²) in [5.41, 5.74) is 7.23. The predicted molar refractivity (Wildman–Crippen MR) is 66.4 cm³/mol. The second kappa shape index (κ2) is 5.41. The lowest BCUT2D eigenvalue weighted by Crippen LogP contribution is -2.13. The summed E-state index contributed by atoms with van der Waals surface area (Å²) in [6.45, 7) is 0. The van der Waals surface area contributed by atoms with Crippen LogP contribution >= 0.6 is 12.4 Å². The van der Waals surface area contributed by atoms with E-state index in [1.54, 1.807) is 14.2 Å². The minimum atomic E-state index is 0. The van der Waals surface area contributed by atoms with Crippen molar-refractivity contribution in [3.05, 3.63) is 23.8 Å². The first-order valence-electron chi connectivity index (χ1n) is 5.23. The monoisotopic (exact) mass is 243 g/mol. The number of rotatable bonds is 4. The van der Waals surface area contributed by atoms with Gasteiger partial charge in [-0.1, -0.05) is 6.07 Å². The van der Waals surface area contributed by atoms with Crippen LogP contribution in [0.4, 0.5) is 0 Å². The highest BCUT2D eigenvalue weighted by molar-refractivity contribution is 5.85. The second-order valence-corrected chi connectivity index (χ2v) is 3.97. The fraction of sp³-hybridized carbons (Fsp3) is 0.500. The van der Waals surface area contributed by atoms with Crippen molar-refractivity contribution in [1.82, 2.24) is 0 Å². The fourth-order valence-corrected chi connectivity index (χ4v) is 1.80. The Hall–Kier alpha value is -0.930. The molecule has 1 saturated carbocycles. The minimum Gasteiger partial charge on any atom is -0.497 e. The molecule has 1 aromatic carbocycles. The molecule has 2 N–H and O–H groups in total. The number of halogens is 1. The van der Waals surface area contributed by atoms with E-state index in [0.717, 1.165) is 17.1 Å². The van der Waals surface area contributed by atoms with Crippen LogP contribution in [0.15, 0.2) is 18.2 Å². The summed E-state index contributed by atoms with van der Waals surface area (Å²) >= 11 is 0. The molecule has 16 heavy (non-hydrogen) atoms. The summed E-state index contributed by atoms with van der Waals surface area (Å²) in [6, 6.07) is 5.92. The summed E-state index contributed by atoms with van der Waals surface area (Å²) in [5, 5.41) is 0. The van der Waals surface area contributed by atoms with Gasteiger partial charge in [-0.25, -0.2) is 0 Å². The van der Waals surface area contributed by atoms with Gasteiger partial charge >= 0.3 is 0 Å². The van der Waals surface area contributed by atoms with Crippen LogP contribution in [0, 0.1) is 5.92 Å². The first kappa shape index (κ1) is 13.1. The quantitative estimate of drug-likeness (QED) is 0.884. The summed E-state index contributed by atoms with van der Waals surface area (Å²) in [5.74, 6) is 2.26. The number of methoxy groups -OCH3 is 2. The minimum absolute atomic E-state index is 0. The highest BCUT2D eigenvalue weighted by Crippen LogP contribution is 2.42. The third kappa shape index (κ3) is 2.60. The molecule has 90 valence electrons. The standard InChI is InChI=1S/C12H17NO2.ClH/c1-14-9-5-6-10(11(7-9)15-2)12(13)8-3-4-8;/h5-8,12H,3-4,13H2,1-2H3;1H/t12-;/m1./s1. The topological polar surface area (TPSA) is 44.5 Å². The van der Waals surface area contributed by atoms with Crippen molar-refractivity contribution in [3.8, 4) is 11.5 Å². The molecule has 2 rings (SSSR count). The highest BCUT2D eigenvalue weighted by Gasteiger charge is 2.31. The average molecular weight is 244 g/mol. The summed E-state index contributed by atoms with van der Waals surface area (Å²) in [6.07, 6.45) is 2.46. The molecule has 0 aliphatic heterocycles. The van der Waals surface area contributed by atoms with E-state index in [1.807, 2.05) is 18.2 Å². The van der Waals surface area contributed by atoms with E-state index in [1.165, 1.54) is 12.8 Å². The van der Waals surface area contributed by atoms with Gasteiger partial charge in [0.2, 0.25) is 0 Å². The largest absolute Gasteiger partial charge is 0.497 e. The maximum atomic E-state index is 6.15. The third-order valence-corrected chi connectivity index (χ3v) is 2.93. The van der Waals surface area contributed by atoms with Crippen LogP contribution in [0.25, 0.3) is 0 Å². The SMILES string of the molecule is COc1ccc([C@H](N)C2CC2)c(OC)c1.Cl. The van der Waals surface area contributed by atoms with Gasteiger partial charge in [0.15, 0.2) is 0 Å². The van der Waals surface area contributed by atoms with Gasteiger partial charge in [-0.15, -0.1) is 12.4 Å². The molecule has 0 spiro atoms. The van der Waals surface area contributed by atoms with E-state index in [-0.39, 0.29) is 18.4 Å². The van der Waals surface area contributed by atoms with Crippen LogP contribution in [0.1, 0.15) is 24.4 Å². The van der Waals surface area contributed by atoms with Crippen molar-refractivity contribution in [2.75, 3.05) is 14.2 Å². The Morgan fingerprint density at radius 3 is 2.44 bits per heavy atom. The van der Waals surface area contributed by atoms with Gasteiger partial charge in [-0.3, -0.25) is 0 Å². The molecule has 0 saturated heterocycles. The molecule has 4 heteroatoms. The summed E-state index contributed by atoms with van der Waals surface area (Å²) in [4.78, 5) is 0. The molecule has 0 aromatic heterocycles. The summed E-state index contributed by atoms with van der Waals surface area (Å²) in [7, 11) is 3.31. The van der Waals surface area contributed by atoms with Gasteiger partial charge in [0.05, 0.1) is 14.2 Å². The van der Waals surface area contributed by atoms with Crippen molar-refractivity contribution < 1.29 is 9.47 Å². The zero-order valence-corrected chi connectivity index (χ0v) is 10.4. The van der Waals surface area contributed by atoms with Gasteiger partial charge in [0.25, 0.3) is 0 Å². The van der Waals surface area contributed by atoms with Crippen molar-refractivity contribution in [3.63, 3.8) is 0 Å². The number of nitrogens with two attached hydrogens (primary N) is 1. The van der Waals surface area contributed by atoms with Gasteiger partial charge in [0.1, 0.15) is 11.5 Å². The smallest absolute Gasteiger partial charge is 0.127 e. The van der Waals surface area contributed by atoms with Crippen LogP contribution < -0.4 is 15.2 Å². The van der Waals surface area contributed by atoms with Crippen LogP contribution in [0.5, 0.6) is 11.5 Å². The molecule has 1 fully saturated rings. The Bertz CT molecular complexity index is 353. The van der Waals surface area contributed by atoms with Gasteiger partial charge in [-0.05, 0) is 24.8 Å². The zero-order valence-electron chi connectivity index (χ0n) is 9.60. The normalized spacial score (nSPS) is 16.2. The first-order chi connectivity index (χ1) is 7.26. The van der Waals surface area contributed by atoms with E-state index in [0.29, 0.717) is 5.92 Å². The molecule has 1 atom stereocenters. The first-order valence-corrected chi connectivity index (χ1v) is 5.23. The predicted octanol–water partition coefficient (Wildman–Crippen LogP) is 2.54. The van der Waals surface area contributed by atoms with Crippen LogP contribution in [-0.2, 0) is 0 Å². The number of hydrogen-bond donors (Lipinski definition) is 1. The van der Waals surface area contributed by atoms with Crippen LogP contribution in [0.2, 0.25) is 0 Å². The molecule has 0 amide bonds. The Labute approximate surface area is 102 Å². The number of ether oxygens (including phenoxy) is 2. The van der Waals surface area contributed by atoms with Crippen molar-refractivity contribution in [1.29, 1.82) is 0 Å². The summed E-state index contributed by atoms with van der Waals surface area (Å²) < 4.78 is 10.5. The van der Waals surface area contributed by atoms with E-state index in [9.17, 15) is 0 Å². The molecule has 1 aliphatic rings. The molecule has 0 unspecified atom stereocenters. The Kier molecular flexibility index (Phi) is 4.44. The average Bonchev–Trinajstić information content (AvgIpc) is 3.11. The zero-order chi connectivity index (χ0) is 10.8. The van der Waals surface area contributed by atoms with Crippen molar-refractivity contribution >= 4 is 12.4 Å². The van der Waals surface area contributed by atoms with Gasteiger partial charge in [0, 0.05) is 17.7 Å². The van der Waals surface area contributed by atoms with Gasteiger partial charge in [-0.2, -0.15) is 0 Å². The lowest BCUT2D eigenvalue weighted by atomic mass is 10.0. The Morgan fingerprint density at radius 2 is 1.94 bits per heavy atom. The lowest BCUT2D eigenvalue weighted by molar-refractivity contribution is 0.386. The number of hydrogen-bond acceptors (Lipinski definition) is 3. The van der Waals surface area contributed by atoms with Gasteiger partial charge < -0.3 is 15.2 Å². The lowest BCUT2D eigenvalue weighted by Gasteiger charge is -2.15. The molecule has 1 aliphatic carbocycles. The maximum absolute atomic E-state index is 6.15. The molecule has 3 nitrogen and oxygen atoms in total. The van der Waals surface area contributed by atoms with E-state index >= 15 is 0 Å².